The molecule has 0 spiro atoms. The largest absolute Gasteiger partial charge is 0.493 e. The summed E-state index contributed by atoms with van der Waals surface area (Å²) in [6.45, 7) is 1.89. The molecular weight excluding hydrogens is 313 g/mol. The van der Waals surface area contributed by atoms with Gasteiger partial charge in [0.25, 0.3) is 5.91 Å². The molecule has 0 fully saturated rings. The first kappa shape index (κ1) is 17.6. The van der Waals surface area contributed by atoms with Crippen molar-refractivity contribution in [2.45, 2.75) is 13.5 Å². The van der Waals surface area contributed by atoms with Crippen LogP contribution in [0.25, 0.3) is 0 Å². The zero-order valence-electron chi connectivity index (χ0n) is 14.1. The predicted molar refractivity (Wildman–Crippen MR) is 88.4 cm³/mol. The van der Waals surface area contributed by atoms with Crippen molar-refractivity contribution in [2.75, 3.05) is 21.3 Å². The van der Waals surface area contributed by atoms with Crippen LogP contribution in [0.15, 0.2) is 30.3 Å². The van der Waals surface area contributed by atoms with Crippen LogP contribution in [0.1, 0.15) is 21.5 Å². The van der Waals surface area contributed by atoms with E-state index in [1.54, 1.807) is 31.2 Å². The van der Waals surface area contributed by atoms with Crippen LogP contribution in [-0.2, 0) is 6.54 Å². The number of benzene rings is 2. The van der Waals surface area contributed by atoms with E-state index in [1.807, 2.05) is 0 Å². The summed E-state index contributed by atoms with van der Waals surface area (Å²) in [4.78, 5) is 12.1. The summed E-state index contributed by atoms with van der Waals surface area (Å²) in [5, 5.41) is 2.74. The smallest absolute Gasteiger partial charge is 0.251 e. The molecule has 0 aliphatic rings. The fraction of sp³-hybridized carbons (Fsp3) is 0.278. The molecular formula is C18H20FNO4. The molecule has 0 aromatic heterocycles. The maximum atomic E-state index is 13.6. The van der Waals surface area contributed by atoms with Gasteiger partial charge in [0, 0.05) is 12.1 Å². The number of aryl methyl sites for hydroxylation is 1. The fourth-order valence-electron chi connectivity index (χ4n) is 2.26. The summed E-state index contributed by atoms with van der Waals surface area (Å²) in [6, 6.07) is 7.88. The third kappa shape index (κ3) is 3.76. The van der Waals surface area contributed by atoms with Crippen LogP contribution in [0, 0.1) is 12.7 Å². The summed E-state index contributed by atoms with van der Waals surface area (Å²) < 4.78 is 29.4. The zero-order valence-corrected chi connectivity index (χ0v) is 14.1. The molecule has 2 aromatic carbocycles. The first-order valence-corrected chi connectivity index (χ1v) is 7.33. The molecule has 24 heavy (non-hydrogen) atoms. The van der Waals surface area contributed by atoms with Crippen molar-refractivity contribution in [3.05, 3.63) is 52.8 Å². The topological polar surface area (TPSA) is 56.8 Å². The van der Waals surface area contributed by atoms with Crippen LogP contribution in [-0.4, -0.2) is 27.2 Å². The molecule has 128 valence electrons. The van der Waals surface area contributed by atoms with E-state index in [0.29, 0.717) is 22.8 Å². The van der Waals surface area contributed by atoms with Gasteiger partial charge in [0.1, 0.15) is 5.82 Å². The Morgan fingerprint density at radius 1 is 1.04 bits per heavy atom. The zero-order chi connectivity index (χ0) is 17.7. The Morgan fingerprint density at radius 2 is 1.67 bits per heavy atom. The number of carbonyl (C=O) groups is 1. The second-order valence-corrected chi connectivity index (χ2v) is 5.18. The van der Waals surface area contributed by atoms with Gasteiger partial charge >= 0.3 is 0 Å². The molecule has 5 nitrogen and oxygen atoms in total. The molecule has 0 bridgehead atoms. The fourth-order valence-corrected chi connectivity index (χ4v) is 2.26. The average Bonchev–Trinajstić information content (AvgIpc) is 2.60. The highest BCUT2D eigenvalue weighted by Crippen LogP contribution is 2.38. The molecule has 0 saturated heterocycles. The molecule has 0 saturated carbocycles. The van der Waals surface area contributed by atoms with E-state index in [0.717, 1.165) is 5.56 Å². The van der Waals surface area contributed by atoms with Gasteiger partial charge in [-0.05, 0) is 42.3 Å². The number of ether oxygens (including phenoxy) is 3. The standard InChI is InChI=1S/C18H20FNO4/c1-11-5-6-13(9-14(11)19)18(21)20-10-12-7-15(22-2)17(24-4)16(8-12)23-3/h5-9H,10H2,1-4H3,(H,20,21). The summed E-state index contributed by atoms with van der Waals surface area (Å²) >= 11 is 0. The van der Waals surface area contributed by atoms with Crippen LogP contribution >= 0.6 is 0 Å². The van der Waals surface area contributed by atoms with Gasteiger partial charge in [-0.25, -0.2) is 4.39 Å². The van der Waals surface area contributed by atoms with Crippen LogP contribution in [0.5, 0.6) is 17.2 Å². The van der Waals surface area contributed by atoms with Crippen molar-refractivity contribution in [2.24, 2.45) is 0 Å². The lowest BCUT2D eigenvalue weighted by atomic mass is 10.1. The lowest BCUT2D eigenvalue weighted by molar-refractivity contribution is 0.0950. The van der Waals surface area contributed by atoms with Crippen molar-refractivity contribution < 1.29 is 23.4 Å². The monoisotopic (exact) mass is 333 g/mol. The van der Waals surface area contributed by atoms with Gasteiger partial charge in [-0.2, -0.15) is 0 Å². The van der Waals surface area contributed by atoms with Crippen molar-refractivity contribution in [3.8, 4) is 17.2 Å². The summed E-state index contributed by atoms with van der Waals surface area (Å²) in [6.07, 6.45) is 0. The Kier molecular flexibility index (Phi) is 5.63. The molecule has 1 amide bonds. The van der Waals surface area contributed by atoms with E-state index in [1.165, 1.54) is 27.4 Å². The van der Waals surface area contributed by atoms with Gasteiger partial charge in [0.05, 0.1) is 21.3 Å². The Bertz CT molecular complexity index is 721. The molecule has 2 rings (SSSR count). The number of rotatable bonds is 6. The highest BCUT2D eigenvalue weighted by atomic mass is 19.1. The van der Waals surface area contributed by atoms with E-state index < -0.39 is 5.82 Å². The van der Waals surface area contributed by atoms with E-state index in [2.05, 4.69) is 5.32 Å². The number of nitrogens with one attached hydrogen (secondary N) is 1. The number of hydrogen-bond donors (Lipinski definition) is 1. The first-order valence-electron chi connectivity index (χ1n) is 7.33. The molecule has 0 heterocycles. The maximum absolute atomic E-state index is 13.6. The third-order valence-electron chi connectivity index (χ3n) is 3.61. The van der Waals surface area contributed by atoms with Gasteiger partial charge in [0.15, 0.2) is 11.5 Å². The van der Waals surface area contributed by atoms with Gasteiger partial charge < -0.3 is 19.5 Å². The minimum absolute atomic E-state index is 0.241. The lowest BCUT2D eigenvalue weighted by Gasteiger charge is -2.14. The molecule has 0 unspecified atom stereocenters. The number of halogens is 1. The Hall–Kier alpha value is -2.76. The molecule has 6 heteroatoms. The summed E-state index contributed by atoms with van der Waals surface area (Å²) in [5.41, 5.74) is 1.53. The van der Waals surface area contributed by atoms with Gasteiger partial charge in [0.2, 0.25) is 5.75 Å². The number of carbonyl (C=O) groups excluding carboxylic acids is 1. The molecule has 0 atom stereocenters. The lowest BCUT2D eigenvalue weighted by Crippen LogP contribution is -2.23. The SMILES string of the molecule is COc1cc(CNC(=O)c2ccc(C)c(F)c2)cc(OC)c1OC. The van der Waals surface area contributed by atoms with Crippen molar-refractivity contribution in [1.82, 2.24) is 5.32 Å². The number of hydrogen-bond acceptors (Lipinski definition) is 4. The van der Waals surface area contributed by atoms with Gasteiger partial charge in [-0.3, -0.25) is 4.79 Å². The van der Waals surface area contributed by atoms with Gasteiger partial charge in [-0.1, -0.05) is 6.07 Å². The van der Waals surface area contributed by atoms with E-state index in [-0.39, 0.29) is 18.0 Å². The first-order chi connectivity index (χ1) is 11.5. The number of amides is 1. The van der Waals surface area contributed by atoms with Crippen molar-refractivity contribution in [3.63, 3.8) is 0 Å². The molecule has 0 radical (unpaired) electrons. The summed E-state index contributed by atoms with van der Waals surface area (Å²) in [5.74, 6) is 0.721. The van der Waals surface area contributed by atoms with Crippen LogP contribution in [0.3, 0.4) is 0 Å². The Morgan fingerprint density at radius 3 is 2.17 bits per heavy atom. The normalized spacial score (nSPS) is 10.2. The molecule has 0 aliphatic carbocycles. The van der Waals surface area contributed by atoms with E-state index in [4.69, 9.17) is 14.2 Å². The van der Waals surface area contributed by atoms with Crippen molar-refractivity contribution >= 4 is 5.91 Å². The van der Waals surface area contributed by atoms with Gasteiger partial charge in [-0.15, -0.1) is 0 Å². The Labute approximate surface area is 140 Å². The highest BCUT2D eigenvalue weighted by molar-refractivity contribution is 5.94. The number of methoxy groups -OCH3 is 3. The second kappa shape index (κ2) is 7.68. The van der Waals surface area contributed by atoms with E-state index >= 15 is 0 Å². The van der Waals surface area contributed by atoms with Crippen molar-refractivity contribution in [1.29, 1.82) is 0 Å². The molecule has 2 aromatic rings. The highest BCUT2D eigenvalue weighted by Gasteiger charge is 2.14. The average molecular weight is 333 g/mol. The van der Waals surface area contributed by atoms with Crippen LogP contribution in [0.4, 0.5) is 4.39 Å². The minimum atomic E-state index is -0.407. The predicted octanol–water partition coefficient (Wildman–Crippen LogP) is 3.09. The molecule has 1 N–H and O–H groups in total. The maximum Gasteiger partial charge on any atom is 0.251 e. The minimum Gasteiger partial charge on any atom is -0.493 e. The quantitative estimate of drug-likeness (QED) is 0.883. The second-order valence-electron chi connectivity index (χ2n) is 5.18. The molecule has 0 aliphatic heterocycles. The summed E-state index contributed by atoms with van der Waals surface area (Å²) in [7, 11) is 4.57. The van der Waals surface area contributed by atoms with E-state index in [9.17, 15) is 9.18 Å². The van der Waals surface area contributed by atoms with Crippen LogP contribution in [0.2, 0.25) is 0 Å². The van der Waals surface area contributed by atoms with Crippen LogP contribution < -0.4 is 19.5 Å². The Balaban J connectivity index is 2.16. The third-order valence-corrected chi connectivity index (χ3v) is 3.61.